The maximum atomic E-state index is 6.90. The molecule has 0 spiro atoms. The van der Waals surface area contributed by atoms with Gasteiger partial charge in [0.05, 0.1) is 9.24 Å². The molecule has 0 rings (SSSR count). The van der Waals surface area contributed by atoms with Crippen LogP contribution in [-0.4, -0.2) is 14.6 Å². The molecule has 0 aliphatic carbocycles. The van der Waals surface area contributed by atoms with Gasteiger partial charge in [-0.25, -0.2) is 0 Å². The molecule has 0 bridgehead atoms. The Morgan fingerprint density at radius 1 is 1.62 bits per heavy atom. The molecular weight excluding hydrogens is 114 g/mol. The highest BCUT2D eigenvalue weighted by molar-refractivity contribution is 6.83. The zero-order chi connectivity index (χ0) is 8.41. The van der Waals surface area contributed by atoms with Crippen LogP contribution < -0.4 is 5.73 Å². The van der Waals surface area contributed by atoms with E-state index in [9.17, 15) is 0 Å². The Balaban J connectivity index is 4.19. The molecule has 0 fully saturated rings. The first-order chi connectivity index (χ1) is 4.21. The molecule has 46 valence electrons. The van der Waals surface area contributed by atoms with E-state index in [1.807, 2.05) is 19.6 Å². The standard InChI is InChI=1S/C6H13NSi/c1-8(2,3)6-4-5-7/h5,7H2,1-3H3/i5D2. The van der Waals surface area contributed by atoms with Crippen LogP contribution in [0.15, 0.2) is 0 Å². The van der Waals surface area contributed by atoms with E-state index in [2.05, 4.69) is 11.5 Å². The molecule has 0 aromatic rings. The monoisotopic (exact) mass is 129 g/mol. The van der Waals surface area contributed by atoms with Crippen LogP contribution in [0.25, 0.3) is 0 Å². The van der Waals surface area contributed by atoms with Crippen molar-refractivity contribution < 1.29 is 2.74 Å². The van der Waals surface area contributed by atoms with E-state index in [0.717, 1.165) is 0 Å². The van der Waals surface area contributed by atoms with Gasteiger partial charge in [-0.3, -0.25) is 0 Å². The topological polar surface area (TPSA) is 26.0 Å². The summed E-state index contributed by atoms with van der Waals surface area (Å²) in [4.78, 5) is 0. The summed E-state index contributed by atoms with van der Waals surface area (Å²) >= 11 is 0. The summed E-state index contributed by atoms with van der Waals surface area (Å²) < 4.78 is 13.8. The lowest BCUT2D eigenvalue weighted by molar-refractivity contribution is 1.30. The normalized spacial score (nSPS) is 15.5. The maximum Gasteiger partial charge on any atom is 0.129 e. The second-order valence-electron chi connectivity index (χ2n) is 2.64. The Labute approximate surface area is 55.1 Å². The number of rotatable bonds is 0. The molecule has 0 heterocycles. The Kier molecular flexibility index (Phi) is 1.67. The van der Waals surface area contributed by atoms with Crippen molar-refractivity contribution in [3.8, 4) is 11.5 Å². The van der Waals surface area contributed by atoms with Crippen LogP contribution in [0.4, 0.5) is 0 Å². The molecule has 8 heavy (non-hydrogen) atoms. The molecule has 0 aromatic heterocycles. The van der Waals surface area contributed by atoms with E-state index in [4.69, 9.17) is 8.48 Å². The summed E-state index contributed by atoms with van der Waals surface area (Å²) in [5.74, 6) is 2.38. The number of nitrogens with two attached hydrogens (primary N) is 1. The minimum Gasteiger partial charge on any atom is -0.320 e. The molecular formula is C6H13NSi. The lowest BCUT2D eigenvalue weighted by Gasteiger charge is -2.02. The quantitative estimate of drug-likeness (QED) is 0.380. The Bertz CT molecular complexity index is 149. The van der Waals surface area contributed by atoms with Crippen LogP contribution in [-0.2, 0) is 0 Å². The van der Waals surface area contributed by atoms with E-state index in [0.29, 0.717) is 0 Å². The van der Waals surface area contributed by atoms with Crippen LogP contribution in [0.5, 0.6) is 0 Å². The van der Waals surface area contributed by atoms with Crippen molar-refractivity contribution in [2.24, 2.45) is 5.73 Å². The number of hydrogen-bond donors (Lipinski definition) is 1. The van der Waals surface area contributed by atoms with E-state index >= 15 is 0 Å². The van der Waals surface area contributed by atoms with Gasteiger partial charge in [0.25, 0.3) is 0 Å². The minimum atomic E-state index is -1.82. The van der Waals surface area contributed by atoms with Gasteiger partial charge < -0.3 is 5.73 Å². The van der Waals surface area contributed by atoms with Crippen molar-refractivity contribution in [1.29, 1.82) is 0 Å². The van der Waals surface area contributed by atoms with Crippen molar-refractivity contribution in [2.45, 2.75) is 19.6 Å². The summed E-state index contributed by atoms with van der Waals surface area (Å²) in [6.45, 7) is 4.32. The molecule has 0 unspecified atom stereocenters. The van der Waals surface area contributed by atoms with E-state index in [-0.39, 0.29) is 0 Å². The average molecular weight is 129 g/mol. The molecule has 0 saturated carbocycles. The van der Waals surface area contributed by atoms with Crippen LogP contribution in [0.2, 0.25) is 19.6 Å². The maximum absolute atomic E-state index is 6.90. The second-order valence-corrected chi connectivity index (χ2v) is 7.39. The fourth-order valence-electron chi connectivity index (χ4n) is 0.224. The van der Waals surface area contributed by atoms with Crippen LogP contribution in [0, 0.1) is 11.5 Å². The fraction of sp³-hybridized carbons (Fsp3) is 0.667. The van der Waals surface area contributed by atoms with Gasteiger partial charge in [-0.1, -0.05) is 25.6 Å². The van der Waals surface area contributed by atoms with Gasteiger partial charge in [-0.15, -0.1) is 5.54 Å². The van der Waals surface area contributed by atoms with Crippen LogP contribution in [0.1, 0.15) is 2.74 Å². The predicted molar refractivity (Wildman–Crippen MR) is 40.2 cm³/mol. The average Bonchev–Trinajstić information content (AvgIpc) is 1.57. The van der Waals surface area contributed by atoms with Gasteiger partial charge in [-0.05, 0) is 0 Å². The molecule has 0 amide bonds. The van der Waals surface area contributed by atoms with Crippen molar-refractivity contribution in [2.75, 3.05) is 6.50 Å². The van der Waals surface area contributed by atoms with Crippen molar-refractivity contribution in [3.05, 3.63) is 0 Å². The molecule has 0 aromatic carbocycles. The van der Waals surface area contributed by atoms with E-state index in [1.165, 1.54) is 0 Å². The van der Waals surface area contributed by atoms with E-state index < -0.39 is 14.6 Å². The third-order valence-corrected chi connectivity index (χ3v) is 1.38. The second kappa shape index (κ2) is 2.90. The van der Waals surface area contributed by atoms with Crippen LogP contribution >= 0.6 is 0 Å². The van der Waals surface area contributed by atoms with Gasteiger partial charge in [0.1, 0.15) is 8.07 Å². The highest BCUT2D eigenvalue weighted by Crippen LogP contribution is 1.95. The fourth-order valence-corrected chi connectivity index (χ4v) is 0.671. The third-order valence-electron chi connectivity index (χ3n) is 0.510. The van der Waals surface area contributed by atoms with Gasteiger partial charge in [-0.2, -0.15) is 0 Å². The summed E-state index contributed by atoms with van der Waals surface area (Å²) in [6.07, 6.45) is 0. The SMILES string of the molecule is [2H]C([2H])(N)C#C[Si](C)(C)C. The highest BCUT2D eigenvalue weighted by atomic mass is 28.3. The Morgan fingerprint density at radius 3 is 2.25 bits per heavy atom. The smallest absolute Gasteiger partial charge is 0.129 e. The lowest BCUT2D eigenvalue weighted by Crippen LogP contribution is -2.17. The van der Waals surface area contributed by atoms with Crippen LogP contribution in [0.3, 0.4) is 0 Å². The number of hydrogen-bond acceptors (Lipinski definition) is 1. The van der Waals surface area contributed by atoms with Gasteiger partial charge >= 0.3 is 0 Å². The summed E-state index contributed by atoms with van der Waals surface area (Å²) in [7, 11) is -1.45. The zero-order valence-corrected chi connectivity index (χ0v) is 6.58. The molecule has 0 saturated heterocycles. The molecule has 0 aliphatic heterocycles. The molecule has 0 atom stereocenters. The Hall–Kier alpha value is -0.263. The first-order valence-electron chi connectivity index (χ1n) is 3.54. The first-order valence-corrected chi connectivity index (χ1v) is 6.04. The summed E-state index contributed by atoms with van der Waals surface area (Å²) in [5, 5.41) is 0. The largest absolute Gasteiger partial charge is 0.320 e. The zero-order valence-electron chi connectivity index (χ0n) is 7.58. The minimum absolute atomic E-state index is 1.45. The van der Waals surface area contributed by atoms with E-state index in [1.54, 1.807) is 0 Å². The molecule has 0 aliphatic rings. The molecule has 2 heteroatoms. The first kappa shape index (κ1) is 4.60. The third kappa shape index (κ3) is 5.74. The van der Waals surface area contributed by atoms with Gasteiger partial charge in [0.2, 0.25) is 0 Å². The van der Waals surface area contributed by atoms with Crippen molar-refractivity contribution in [3.63, 3.8) is 0 Å². The van der Waals surface area contributed by atoms with Crippen molar-refractivity contribution >= 4 is 8.07 Å². The van der Waals surface area contributed by atoms with Gasteiger partial charge in [0.15, 0.2) is 0 Å². The molecule has 2 N–H and O–H groups in total. The lowest BCUT2D eigenvalue weighted by atomic mass is 10.7. The molecule has 0 radical (unpaired) electrons. The van der Waals surface area contributed by atoms with Gasteiger partial charge in [0, 0.05) is 0 Å². The highest BCUT2D eigenvalue weighted by Gasteiger charge is 2.06. The summed E-state index contributed by atoms with van der Waals surface area (Å²) in [5.41, 5.74) is 7.88. The Morgan fingerprint density at radius 2 is 2.12 bits per heavy atom. The molecule has 1 nitrogen and oxygen atoms in total. The predicted octanol–water partition coefficient (Wildman–Crippen LogP) is 0.826. The van der Waals surface area contributed by atoms with Crippen molar-refractivity contribution in [1.82, 2.24) is 0 Å². The summed E-state index contributed by atoms with van der Waals surface area (Å²) in [6, 6.07) is 0.